The molecular formula is C13H23NO4S. The first-order chi connectivity index (χ1) is 9.18. The normalized spacial score (nSPS) is 16.2. The molecule has 0 aliphatic heterocycles. The van der Waals surface area contributed by atoms with Crippen molar-refractivity contribution >= 4 is 23.6 Å². The van der Waals surface area contributed by atoms with Crippen LogP contribution >= 0.6 is 11.8 Å². The molecule has 0 saturated heterocycles. The Morgan fingerprint density at radius 3 is 2.63 bits per heavy atom. The first-order valence-corrected chi connectivity index (χ1v) is 8.02. The fourth-order valence-corrected chi connectivity index (χ4v) is 2.63. The second-order valence-corrected chi connectivity index (χ2v) is 5.71. The van der Waals surface area contributed by atoms with Gasteiger partial charge in [0.25, 0.3) is 0 Å². The van der Waals surface area contributed by atoms with E-state index in [4.69, 9.17) is 9.84 Å². The van der Waals surface area contributed by atoms with Gasteiger partial charge < -0.3 is 15.2 Å². The van der Waals surface area contributed by atoms with Gasteiger partial charge in [-0.05, 0) is 19.3 Å². The van der Waals surface area contributed by atoms with Gasteiger partial charge in [0.05, 0.1) is 17.6 Å². The number of hydrogen-bond donors (Lipinski definition) is 2. The standard InChI is InChI=1S/C13H23NO4S/c15-12(9-19-10-13(16)17)14-7-4-8-18-11-5-2-1-3-6-11/h11H,1-10H2,(H,14,15)(H,16,17). The first kappa shape index (κ1) is 16.3. The van der Waals surface area contributed by atoms with Crippen LogP contribution in [0.25, 0.3) is 0 Å². The fourth-order valence-electron chi connectivity index (χ4n) is 2.06. The number of aliphatic carboxylic acids is 1. The van der Waals surface area contributed by atoms with Crippen LogP contribution in [0.3, 0.4) is 0 Å². The molecule has 0 heterocycles. The van der Waals surface area contributed by atoms with Crippen molar-refractivity contribution in [2.24, 2.45) is 0 Å². The molecule has 1 rings (SSSR count). The van der Waals surface area contributed by atoms with Crippen LogP contribution in [0.2, 0.25) is 0 Å². The Bertz CT molecular complexity index is 280. The van der Waals surface area contributed by atoms with Gasteiger partial charge in [0.2, 0.25) is 5.91 Å². The summed E-state index contributed by atoms with van der Waals surface area (Å²) in [5.74, 6) is -0.823. The molecule has 1 aliphatic carbocycles. The van der Waals surface area contributed by atoms with E-state index in [1.807, 2.05) is 0 Å². The van der Waals surface area contributed by atoms with E-state index in [9.17, 15) is 9.59 Å². The second-order valence-electron chi connectivity index (χ2n) is 4.72. The van der Waals surface area contributed by atoms with E-state index in [2.05, 4.69) is 5.32 Å². The van der Waals surface area contributed by atoms with E-state index < -0.39 is 5.97 Å². The number of nitrogens with one attached hydrogen (secondary N) is 1. The van der Waals surface area contributed by atoms with Gasteiger partial charge in [-0.25, -0.2) is 0 Å². The maximum absolute atomic E-state index is 11.3. The molecule has 110 valence electrons. The number of ether oxygens (including phenoxy) is 1. The van der Waals surface area contributed by atoms with Crippen LogP contribution in [-0.2, 0) is 14.3 Å². The molecule has 0 bridgehead atoms. The summed E-state index contributed by atoms with van der Waals surface area (Å²) in [6.45, 7) is 1.28. The van der Waals surface area contributed by atoms with Crippen molar-refractivity contribution in [3.05, 3.63) is 0 Å². The molecule has 0 radical (unpaired) electrons. The monoisotopic (exact) mass is 289 g/mol. The zero-order chi connectivity index (χ0) is 13.9. The number of thioether (sulfide) groups is 1. The Morgan fingerprint density at radius 1 is 1.21 bits per heavy atom. The van der Waals surface area contributed by atoms with Crippen molar-refractivity contribution in [1.82, 2.24) is 5.32 Å². The Kier molecular flexibility index (Phi) is 8.66. The average molecular weight is 289 g/mol. The Labute approximate surface area is 118 Å². The van der Waals surface area contributed by atoms with Crippen molar-refractivity contribution in [3.8, 4) is 0 Å². The van der Waals surface area contributed by atoms with Gasteiger partial charge in [0.15, 0.2) is 0 Å². The lowest BCUT2D eigenvalue weighted by Gasteiger charge is -2.21. The molecule has 0 unspecified atom stereocenters. The van der Waals surface area contributed by atoms with Gasteiger partial charge in [-0.1, -0.05) is 19.3 Å². The van der Waals surface area contributed by atoms with Gasteiger partial charge in [0, 0.05) is 13.2 Å². The number of carboxylic acid groups (broad SMARTS) is 1. The number of carbonyl (C=O) groups is 2. The summed E-state index contributed by atoms with van der Waals surface area (Å²) in [5.41, 5.74) is 0. The minimum absolute atomic E-state index is 0.0296. The minimum atomic E-state index is -0.890. The molecule has 0 spiro atoms. The third-order valence-corrected chi connectivity index (χ3v) is 3.93. The van der Waals surface area contributed by atoms with E-state index in [1.54, 1.807) is 0 Å². The molecule has 5 nitrogen and oxygen atoms in total. The van der Waals surface area contributed by atoms with Crippen LogP contribution in [-0.4, -0.2) is 47.7 Å². The number of amides is 1. The lowest BCUT2D eigenvalue weighted by molar-refractivity contribution is -0.133. The maximum Gasteiger partial charge on any atom is 0.313 e. The third kappa shape index (κ3) is 8.88. The van der Waals surface area contributed by atoms with Gasteiger partial charge in [-0.15, -0.1) is 11.8 Å². The Morgan fingerprint density at radius 2 is 1.95 bits per heavy atom. The van der Waals surface area contributed by atoms with Crippen LogP contribution < -0.4 is 5.32 Å². The molecule has 2 N–H and O–H groups in total. The minimum Gasteiger partial charge on any atom is -0.481 e. The Hall–Kier alpha value is -0.750. The zero-order valence-electron chi connectivity index (χ0n) is 11.2. The summed E-state index contributed by atoms with van der Waals surface area (Å²) >= 11 is 1.11. The van der Waals surface area contributed by atoms with E-state index in [-0.39, 0.29) is 17.4 Å². The molecule has 1 aliphatic rings. The van der Waals surface area contributed by atoms with Gasteiger partial charge >= 0.3 is 5.97 Å². The third-order valence-electron chi connectivity index (χ3n) is 3.01. The fraction of sp³-hybridized carbons (Fsp3) is 0.846. The molecule has 1 fully saturated rings. The van der Waals surface area contributed by atoms with E-state index in [0.29, 0.717) is 19.3 Å². The summed E-state index contributed by atoms with van der Waals surface area (Å²) in [6, 6.07) is 0. The summed E-state index contributed by atoms with van der Waals surface area (Å²) in [7, 11) is 0. The predicted molar refractivity (Wildman–Crippen MR) is 75.4 cm³/mol. The van der Waals surface area contributed by atoms with E-state index in [0.717, 1.165) is 31.0 Å². The summed E-state index contributed by atoms with van der Waals surface area (Å²) < 4.78 is 5.74. The van der Waals surface area contributed by atoms with Crippen molar-refractivity contribution < 1.29 is 19.4 Å². The van der Waals surface area contributed by atoms with Crippen LogP contribution in [0, 0.1) is 0 Å². The molecule has 0 aromatic carbocycles. The second kappa shape index (κ2) is 10.1. The SMILES string of the molecule is O=C(O)CSCC(=O)NCCCOC1CCCCC1. The van der Waals surface area contributed by atoms with Crippen molar-refractivity contribution in [2.45, 2.75) is 44.6 Å². The highest BCUT2D eigenvalue weighted by molar-refractivity contribution is 8.00. The topological polar surface area (TPSA) is 75.6 Å². The number of hydrogen-bond acceptors (Lipinski definition) is 4. The smallest absolute Gasteiger partial charge is 0.313 e. The van der Waals surface area contributed by atoms with Crippen LogP contribution in [0.1, 0.15) is 38.5 Å². The maximum atomic E-state index is 11.3. The molecule has 0 aromatic heterocycles. The molecule has 0 aromatic rings. The van der Waals surface area contributed by atoms with Crippen LogP contribution in [0.5, 0.6) is 0 Å². The van der Waals surface area contributed by atoms with Gasteiger partial charge in [0.1, 0.15) is 0 Å². The zero-order valence-corrected chi connectivity index (χ0v) is 12.0. The van der Waals surface area contributed by atoms with Crippen molar-refractivity contribution in [1.29, 1.82) is 0 Å². The predicted octanol–water partition coefficient (Wildman–Crippen LogP) is 1.66. The highest BCUT2D eigenvalue weighted by Gasteiger charge is 2.13. The number of carbonyl (C=O) groups excluding carboxylic acids is 1. The number of rotatable bonds is 9. The van der Waals surface area contributed by atoms with Gasteiger partial charge in [-0.3, -0.25) is 9.59 Å². The number of carboxylic acids is 1. The first-order valence-electron chi connectivity index (χ1n) is 6.86. The molecule has 19 heavy (non-hydrogen) atoms. The van der Waals surface area contributed by atoms with Crippen molar-refractivity contribution in [2.75, 3.05) is 24.7 Å². The summed E-state index contributed by atoms with van der Waals surface area (Å²) in [5, 5.41) is 11.2. The lowest BCUT2D eigenvalue weighted by Crippen LogP contribution is -2.28. The van der Waals surface area contributed by atoms with Crippen LogP contribution in [0.15, 0.2) is 0 Å². The lowest BCUT2D eigenvalue weighted by atomic mass is 9.98. The highest BCUT2D eigenvalue weighted by Crippen LogP contribution is 2.20. The molecule has 0 atom stereocenters. The Balaban J connectivity index is 1.89. The van der Waals surface area contributed by atoms with Crippen LogP contribution in [0.4, 0.5) is 0 Å². The van der Waals surface area contributed by atoms with E-state index in [1.165, 1.54) is 19.3 Å². The molecule has 1 amide bonds. The van der Waals surface area contributed by atoms with Crippen molar-refractivity contribution in [3.63, 3.8) is 0 Å². The quantitative estimate of drug-likeness (QED) is 0.631. The molecule has 1 saturated carbocycles. The average Bonchev–Trinajstić information content (AvgIpc) is 2.39. The summed E-state index contributed by atoms with van der Waals surface area (Å²) in [4.78, 5) is 21.6. The molecular weight excluding hydrogens is 266 g/mol. The molecule has 6 heteroatoms. The summed E-state index contributed by atoms with van der Waals surface area (Å²) in [6.07, 6.45) is 7.41. The van der Waals surface area contributed by atoms with Gasteiger partial charge in [-0.2, -0.15) is 0 Å². The highest BCUT2D eigenvalue weighted by atomic mass is 32.2. The van der Waals surface area contributed by atoms with E-state index >= 15 is 0 Å². The largest absolute Gasteiger partial charge is 0.481 e.